The number of benzene rings is 1. The van der Waals surface area contributed by atoms with Gasteiger partial charge in [-0.3, -0.25) is 4.79 Å². The molecule has 0 aliphatic rings. The normalized spacial score (nSPS) is 11.2. The summed E-state index contributed by atoms with van der Waals surface area (Å²) in [5.74, 6) is -0.229. The van der Waals surface area contributed by atoms with Crippen molar-refractivity contribution in [3.63, 3.8) is 0 Å². The molecule has 0 radical (unpaired) electrons. The molecule has 6 nitrogen and oxygen atoms in total. The Morgan fingerprint density at radius 1 is 1.16 bits per heavy atom. The van der Waals surface area contributed by atoms with Crippen LogP contribution in [0.5, 0.6) is 0 Å². The number of halogens is 1. The zero-order valence-electron chi connectivity index (χ0n) is 17.7. The fourth-order valence-corrected chi connectivity index (χ4v) is 3.55. The molecule has 2 heterocycles. The molecule has 0 aliphatic carbocycles. The Morgan fingerprint density at radius 3 is 2.71 bits per heavy atom. The second-order valence-electron chi connectivity index (χ2n) is 6.89. The van der Waals surface area contributed by atoms with Crippen molar-refractivity contribution in [3.8, 4) is 0 Å². The minimum Gasteiger partial charge on any atom is -0.458 e. The summed E-state index contributed by atoms with van der Waals surface area (Å²) in [4.78, 5) is 26.1. The van der Waals surface area contributed by atoms with E-state index < -0.39 is 0 Å². The van der Waals surface area contributed by atoms with Gasteiger partial charge in [0.1, 0.15) is 5.58 Å². The van der Waals surface area contributed by atoms with Gasteiger partial charge in [-0.15, -0.1) is 0 Å². The number of nitrogens with zero attached hydrogens (tertiary/aromatic N) is 2. The van der Waals surface area contributed by atoms with E-state index in [0.29, 0.717) is 28.7 Å². The van der Waals surface area contributed by atoms with Crippen LogP contribution in [0.2, 0.25) is 0 Å². The van der Waals surface area contributed by atoms with Crippen molar-refractivity contribution in [3.05, 3.63) is 70.3 Å². The summed E-state index contributed by atoms with van der Waals surface area (Å²) in [5, 5.41) is 0.877. The van der Waals surface area contributed by atoms with Crippen LogP contribution in [0.15, 0.2) is 57.9 Å². The maximum atomic E-state index is 12.5. The third kappa shape index (κ3) is 5.94. The Balaban J connectivity index is 1.83. The molecule has 0 saturated carbocycles. The SMILES string of the molecule is CCN(CC)c1ccc2cc(/C=C/c3cccc[n+]3CCOC(=O)CI)c(=O)oc2c1. The number of carbonyl (C=O) groups is 1. The lowest BCUT2D eigenvalue weighted by Gasteiger charge is -2.20. The van der Waals surface area contributed by atoms with Gasteiger partial charge in [-0.25, -0.2) is 4.79 Å². The third-order valence-electron chi connectivity index (χ3n) is 4.99. The molecule has 3 rings (SSSR count). The van der Waals surface area contributed by atoms with Crippen molar-refractivity contribution < 1.29 is 18.5 Å². The number of ether oxygens (including phenoxy) is 1. The highest BCUT2D eigenvalue weighted by atomic mass is 127. The zero-order chi connectivity index (χ0) is 22.2. The van der Waals surface area contributed by atoms with Crippen molar-refractivity contribution >= 4 is 57.4 Å². The molecule has 7 heteroatoms. The van der Waals surface area contributed by atoms with Gasteiger partial charge in [0.25, 0.3) is 0 Å². The second kappa shape index (κ2) is 11.1. The van der Waals surface area contributed by atoms with Gasteiger partial charge in [-0.2, -0.15) is 4.57 Å². The Bertz CT molecular complexity index is 1140. The van der Waals surface area contributed by atoms with Gasteiger partial charge in [-0.05, 0) is 44.2 Å². The summed E-state index contributed by atoms with van der Waals surface area (Å²) < 4.78 is 13.1. The summed E-state index contributed by atoms with van der Waals surface area (Å²) in [6.45, 7) is 6.80. The molecule has 31 heavy (non-hydrogen) atoms. The predicted octanol–water partition coefficient (Wildman–Crippen LogP) is 4.08. The van der Waals surface area contributed by atoms with Crippen LogP contribution < -0.4 is 15.1 Å². The maximum absolute atomic E-state index is 12.5. The molecule has 0 spiro atoms. The number of esters is 1. The molecular formula is C24H26IN2O4+. The number of alkyl halides is 1. The molecule has 2 aromatic heterocycles. The first kappa shape index (κ1) is 23.0. The van der Waals surface area contributed by atoms with Crippen LogP contribution >= 0.6 is 22.6 Å². The van der Waals surface area contributed by atoms with Gasteiger partial charge in [0.2, 0.25) is 5.69 Å². The fraction of sp³-hybridized carbons (Fsp3) is 0.292. The van der Waals surface area contributed by atoms with Crippen molar-refractivity contribution in [1.82, 2.24) is 0 Å². The molecule has 0 unspecified atom stereocenters. The highest BCUT2D eigenvalue weighted by Gasteiger charge is 2.10. The topological polar surface area (TPSA) is 63.6 Å². The first-order valence-electron chi connectivity index (χ1n) is 10.3. The lowest BCUT2D eigenvalue weighted by Crippen LogP contribution is -2.39. The summed E-state index contributed by atoms with van der Waals surface area (Å²) in [7, 11) is 0. The molecule has 0 fully saturated rings. The standard InChI is InChI=1S/C24H26IN2O4/c1-3-26(4-2)21-11-8-18-15-19(24(29)31-22(18)16-21)9-10-20-7-5-6-12-27(20)13-14-30-23(28)17-25/h5-12,15-16H,3-4,13-14,17H2,1-2H3/q+1. The molecule has 0 aliphatic heterocycles. The van der Waals surface area contributed by atoms with E-state index >= 15 is 0 Å². The summed E-state index contributed by atoms with van der Waals surface area (Å²) >= 11 is 1.98. The van der Waals surface area contributed by atoms with Crippen molar-refractivity contribution in [2.24, 2.45) is 0 Å². The van der Waals surface area contributed by atoms with Crippen LogP contribution in [0, 0.1) is 0 Å². The molecule has 0 amide bonds. The Labute approximate surface area is 195 Å². The smallest absolute Gasteiger partial charge is 0.343 e. The quantitative estimate of drug-likeness (QED) is 0.137. The van der Waals surface area contributed by atoms with E-state index in [1.54, 1.807) is 6.08 Å². The fourth-order valence-electron chi connectivity index (χ4n) is 3.33. The number of hydrogen-bond acceptors (Lipinski definition) is 5. The van der Waals surface area contributed by atoms with Gasteiger partial charge >= 0.3 is 11.6 Å². The third-order valence-corrected chi connectivity index (χ3v) is 5.61. The summed E-state index contributed by atoms with van der Waals surface area (Å²) in [6.07, 6.45) is 5.53. The second-order valence-corrected chi connectivity index (χ2v) is 7.65. The van der Waals surface area contributed by atoms with Crippen molar-refractivity contribution in [1.29, 1.82) is 0 Å². The molecular weight excluding hydrogens is 507 g/mol. The van der Waals surface area contributed by atoms with E-state index in [1.165, 1.54) is 0 Å². The largest absolute Gasteiger partial charge is 0.458 e. The van der Waals surface area contributed by atoms with E-state index in [2.05, 4.69) is 18.7 Å². The molecule has 0 N–H and O–H groups in total. The monoisotopic (exact) mass is 533 g/mol. The van der Waals surface area contributed by atoms with Gasteiger partial charge in [0.15, 0.2) is 19.3 Å². The van der Waals surface area contributed by atoms with Crippen LogP contribution in [-0.4, -0.2) is 30.1 Å². The lowest BCUT2D eigenvalue weighted by molar-refractivity contribution is -0.699. The van der Waals surface area contributed by atoms with Crippen LogP contribution in [0.3, 0.4) is 0 Å². The Hall–Kier alpha value is -2.68. The van der Waals surface area contributed by atoms with Crippen LogP contribution in [0.4, 0.5) is 5.69 Å². The number of aromatic nitrogens is 1. The minimum absolute atomic E-state index is 0.229. The molecule has 162 valence electrons. The number of pyridine rings is 1. The number of fused-ring (bicyclic) bond motifs is 1. The van der Waals surface area contributed by atoms with Gasteiger partial charge < -0.3 is 14.1 Å². The molecule has 0 saturated heterocycles. The highest BCUT2D eigenvalue weighted by Crippen LogP contribution is 2.22. The van der Waals surface area contributed by atoms with Crippen LogP contribution in [0.25, 0.3) is 23.1 Å². The summed E-state index contributed by atoms with van der Waals surface area (Å²) in [5.41, 5.74) is 2.62. The van der Waals surface area contributed by atoms with E-state index in [0.717, 1.165) is 29.9 Å². The molecule has 3 aromatic rings. The highest BCUT2D eigenvalue weighted by molar-refractivity contribution is 14.1. The number of hydrogen-bond donors (Lipinski definition) is 0. The van der Waals surface area contributed by atoms with Crippen molar-refractivity contribution in [2.75, 3.05) is 29.0 Å². The van der Waals surface area contributed by atoms with E-state index in [-0.39, 0.29) is 11.6 Å². The molecule has 0 bridgehead atoms. The van der Waals surface area contributed by atoms with Gasteiger partial charge in [0, 0.05) is 48.4 Å². The van der Waals surface area contributed by atoms with Gasteiger partial charge in [0.05, 0.1) is 9.99 Å². The number of carbonyl (C=O) groups excluding carboxylic acids is 1. The van der Waals surface area contributed by atoms with Crippen molar-refractivity contribution in [2.45, 2.75) is 20.4 Å². The lowest BCUT2D eigenvalue weighted by atomic mass is 10.1. The maximum Gasteiger partial charge on any atom is 0.343 e. The first-order chi connectivity index (χ1) is 15.0. The van der Waals surface area contributed by atoms with Crippen LogP contribution in [0.1, 0.15) is 25.1 Å². The average Bonchev–Trinajstić information content (AvgIpc) is 2.79. The average molecular weight is 533 g/mol. The molecule has 0 atom stereocenters. The number of rotatable bonds is 9. The summed E-state index contributed by atoms with van der Waals surface area (Å²) in [6, 6.07) is 13.6. The van der Waals surface area contributed by atoms with E-state index in [4.69, 9.17) is 9.15 Å². The minimum atomic E-state index is -0.376. The first-order valence-corrected chi connectivity index (χ1v) is 11.8. The number of anilines is 1. The van der Waals surface area contributed by atoms with E-state index in [1.807, 2.05) is 81.9 Å². The molecule has 1 aromatic carbocycles. The van der Waals surface area contributed by atoms with Crippen LogP contribution in [-0.2, 0) is 16.1 Å². The Morgan fingerprint density at radius 2 is 1.97 bits per heavy atom. The predicted molar refractivity (Wildman–Crippen MR) is 131 cm³/mol. The van der Waals surface area contributed by atoms with E-state index in [9.17, 15) is 9.59 Å². The Kier molecular flexibility index (Phi) is 8.22. The zero-order valence-corrected chi connectivity index (χ0v) is 19.9. The van der Waals surface area contributed by atoms with Gasteiger partial charge in [-0.1, -0.05) is 22.6 Å².